The van der Waals surface area contributed by atoms with Crippen LogP contribution in [0.3, 0.4) is 0 Å². The first-order valence-corrected chi connectivity index (χ1v) is 7.89. The van der Waals surface area contributed by atoms with Crippen molar-refractivity contribution < 1.29 is 10.0 Å². The average molecular weight is 303 g/mol. The van der Waals surface area contributed by atoms with Crippen LogP contribution >= 0.6 is 11.6 Å². The van der Waals surface area contributed by atoms with Crippen molar-refractivity contribution in [3.8, 4) is 5.75 Å². The molecule has 0 spiro atoms. The van der Waals surface area contributed by atoms with Gasteiger partial charge in [-0.1, -0.05) is 23.7 Å². The number of phenols is 1. The van der Waals surface area contributed by atoms with Crippen molar-refractivity contribution in [3.05, 3.63) is 63.7 Å². The minimum atomic E-state index is 0.450. The Balaban J connectivity index is 1.70. The summed E-state index contributed by atoms with van der Waals surface area (Å²) in [4.78, 5) is 1.35. The van der Waals surface area contributed by atoms with Crippen molar-refractivity contribution in [3.63, 3.8) is 0 Å². The molecule has 1 aliphatic rings. The summed E-state index contributed by atoms with van der Waals surface area (Å²) in [5, 5.41) is 11.0. The maximum Gasteiger partial charge on any atom is 0.124 e. The molecule has 0 aromatic heterocycles. The lowest BCUT2D eigenvalue weighted by molar-refractivity contribution is -0.907. The zero-order chi connectivity index (χ0) is 14.8. The number of fused-ring (bicyclic) bond motifs is 1. The van der Waals surface area contributed by atoms with Crippen LogP contribution in [0.5, 0.6) is 5.75 Å². The Morgan fingerprint density at radius 1 is 1.05 bits per heavy atom. The van der Waals surface area contributed by atoms with Crippen LogP contribution in [-0.4, -0.2) is 12.2 Å². The van der Waals surface area contributed by atoms with Gasteiger partial charge in [0, 0.05) is 16.1 Å². The molecular formula is C18H21ClNO+. The normalized spacial score (nSPS) is 15.0. The van der Waals surface area contributed by atoms with Gasteiger partial charge in [0.25, 0.3) is 0 Å². The Morgan fingerprint density at radius 2 is 1.71 bits per heavy atom. The molecule has 0 heterocycles. The molecule has 0 aliphatic heterocycles. The average Bonchev–Trinajstić information content (AvgIpc) is 2.89. The summed E-state index contributed by atoms with van der Waals surface area (Å²) in [6, 6.07) is 12.1. The molecule has 2 N–H and O–H groups in total. The smallest absolute Gasteiger partial charge is 0.124 e. The third kappa shape index (κ3) is 3.39. The summed E-state index contributed by atoms with van der Waals surface area (Å²) in [7, 11) is 2.15. The van der Waals surface area contributed by atoms with Crippen molar-refractivity contribution in [1.82, 2.24) is 0 Å². The predicted molar refractivity (Wildman–Crippen MR) is 85.9 cm³/mol. The van der Waals surface area contributed by atoms with Gasteiger partial charge in [-0.05, 0) is 54.7 Å². The second-order valence-electron chi connectivity index (χ2n) is 6.04. The molecule has 21 heavy (non-hydrogen) atoms. The number of hydrogen-bond acceptors (Lipinski definition) is 1. The number of halogens is 1. The van der Waals surface area contributed by atoms with Gasteiger partial charge in [0.2, 0.25) is 0 Å². The molecule has 1 unspecified atom stereocenters. The van der Waals surface area contributed by atoms with Crippen LogP contribution in [0.2, 0.25) is 5.02 Å². The molecule has 3 heteroatoms. The molecule has 0 amide bonds. The first kappa shape index (κ1) is 14.4. The lowest BCUT2D eigenvalue weighted by atomic mass is 10.0. The zero-order valence-electron chi connectivity index (χ0n) is 12.3. The SMILES string of the molecule is C[NH+](Cc1ccc(Cl)cc1)Cc1cc2c(cc1O)CCC2. The Hall–Kier alpha value is -1.51. The Morgan fingerprint density at radius 3 is 2.43 bits per heavy atom. The number of aromatic hydroxyl groups is 1. The van der Waals surface area contributed by atoms with Crippen LogP contribution in [0.4, 0.5) is 0 Å². The van der Waals surface area contributed by atoms with Crippen LogP contribution in [0.25, 0.3) is 0 Å². The van der Waals surface area contributed by atoms with E-state index in [0.29, 0.717) is 5.75 Å². The van der Waals surface area contributed by atoms with Gasteiger partial charge >= 0.3 is 0 Å². The summed E-state index contributed by atoms with van der Waals surface area (Å²) in [5.74, 6) is 0.450. The number of aryl methyl sites for hydroxylation is 2. The fraction of sp³-hybridized carbons (Fsp3) is 0.333. The van der Waals surface area contributed by atoms with Crippen LogP contribution in [0, 0.1) is 0 Å². The highest BCUT2D eigenvalue weighted by Crippen LogP contribution is 2.28. The first-order valence-electron chi connectivity index (χ1n) is 7.51. The van der Waals surface area contributed by atoms with Crippen molar-refractivity contribution in [2.45, 2.75) is 32.4 Å². The number of benzene rings is 2. The molecule has 0 fully saturated rings. The number of quaternary nitrogens is 1. The molecule has 2 aromatic rings. The first-order chi connectivity index (χ1) is 10.1. The monoisotopic (exact) mass is 302 g/mol. The van der Waals surface area contributed by atoms with Crippen LogP contribution in [0.15, 0.2) is 36.4 Å². The number of rotatable bonds is 4. The number of nitrogens with one attached hydrogen (secondary N) is 1. The molecule has 2 nitrogen and oxygen atoms in total. The quantitative estimate of drug-likeness (QED) is 0.892. The van der Waals surface area contributed by atoms with E-state index in [2.05, 4.69) is 25.2 Å². The molecule has 0 saturated carbocycles. The maximum atomic E-state index is 10.2. The van der Waals surface area contributed by atoms with E-state index in [0.717, 1.165) is 36.5 Å². The summed E-state index contributed by atoms with van der Waals surface area (Å²) >= 11 is 5.91. The van der Waals surface area contributed by atoms with E-state index in [9.17, 15) is 5.11 Å². The number of hydrogen-bond donors (Lipinski definition) is 2. The van der Waals surface area contributed by atoms with Gasteiger partial charge in [-0.3, -0.25) is 0 Å². The van der Waals surface area contributed by atoms with E-state index in [1.165, 1.54) is 28.0 Å². The minimum absolute atomic E-state index is 0.450. The van der Waals surface area contributed by atoms with E-state index in [1.54, 1.807) is 0 Å². The molecule has 0 saturated heterocycles. The lowest BCUT2D eigenvalue weighted by Crippen LogP contribution is -3.06. The molecule has 1 aliphatic carbocycles. The lowest BCUT2D eigenvalue weighted by Gasteiger charge is -2.16. The van der Waals surface area contributed by atoms with E-state index >= 15 is 0 Å². The highest BCUT2D eigenvalue weighted by Gasteiger charge is 2.16. The van der Waals surface area contributed by atoms with Gasteiger partial charge in [-0.25, -0.2) is 0 Å². The van der Waals surface area contributed by atoms with Gasteiger partial charge in [-0.15, -0.1) is 0 Å². The largest absolute Gasteiger partial charge is 0.507 e. The summed E-state index contributed by atoms with van der Waals surface area (Å²) < 4.78 is 0. The maximum absolute atomic E-state index is 10.2. The van der Waals surface area contributed by atoms with Crippen LogP contribution in [0.1, 0.15) is 28.7 Å². The van der Waals surface area contributed by atoms with Gasteiger partial charge in [0.05, 0.1) is 7.05 Å². The summed E-state index contributed by atoms with van der Waals surface area (Å²) in [6.07, 6.45) is 3.47. The third-order valence-electron chi connectivity index (χ3n) is 4.20. The second-order valence-corrected chi connectivity index (χ2v) is 6.48. The Kier molecular flexibility index (Phi) is 4.18. The van der Waals surface area contributed by atoms with Crippen molar-refractivity contribution >= 4 is 11.6 Å². The van der Waals surface area contributed by atoms with Crippen molar-refractivity contribution in [2.24, 2.45) is 0 Å². The standard InChI is InChI=1S/C18H20ClNO/c1-20(11-13-5-7-17(19)8-6-13)12-16-9-14-3-2-4-15(14)10-18(16)21/h5-10,21H,2-4,11-12H2,1H3/p+1. The van der Waals surface area contributed by atoms with Crippen LogP contribution in [-0.2, 0) is 25.9 Å². The molecule has 0 radical (unpaired) electrons. The Bertz CT molecular complexity index is 636. The van der Waals surface area contributed by atoms with E-state index in [4.69, 9.17) is 11.6 Å². The van der Waals surface area contributed by atoms with Crippen molar-refractivity contribution in [1.29, 1.82) is 0 Å². The summed E-state index contributed by atoms with van der Waals surface area (Å²) in [5.41, 5.74) is 5.06. The van der Waals surface area contributed by atoms with E-state index in [-0.39, 0.29) is 0 Å². The van der Waals surface area contributed by atoms with Gasteiger partial charge in [-0.2, -0.15) is 0 Å². The molecule has 0 bridgehead atoms. The molecule has 3 rings (SSSR count). The highest BCUT2D eigenvalue weighted by molar-refractivity contribution is 6.30. The number of phenolic OH excluding ortho intramolecular Hbond substituents is 1. The molecule has 110 valence electrons. The topological polar surface area (TPSA) is 24.7 Å². The summed E-state index contributed by atoms with van der Waals surface area (Å²) in [6.45, 7) is 1.76. The fourth-order valence-corrected chi connectivity index (χ4v) is 3.27. The highest BCUT2D eigenvalue weighted by atomic mass is 35.5. The third-order valence-corrected chi connectivity index (χ3v) is 4.46. The molecular weight excluding hydrogens is 282 g/mol. The van der Waals surface area contributed by atoms with Crippen molar-refractivity contribution in [2.75, 3.05) is 7.05 Å². The van der Waals surface area contributed by atoms with Gasteiger partial charge in [0.1, 0.15) is 18.8 Å². The van der Waals surface area contributed by atoms with Crippen LogP contribution < -0.4 is 4.90 Å². The van der Waals surface area contributed by atoms with E-state index < -0.39 is 0 Å². The zero-order valence-corrected chi connectivity index (χ0v) is 13.1. The second kappa shape index (κ2) is 6.08. The van der Waals surface area contributed by atoms with E-state index in [1.807, 2.05) is 18.2 Å². The predicted octanol–water partition coefficient (Wildman–Crippen LogP) is 2.75. The van der Waals surface area contributed by atoms with Gasteiger partial charge < -0.3 is 10.0 Å². The Labute approximate surface area is 131 Å². The molecule has 1 atom stereocenters. The fourth-order valence-electron chi connectivity index (χ4n) is 3.14. The minimum Gasteiger partial charge on any atom is -0.507 e. The molecule has 2 aromatic carbocycles. The van der Waals surface area contributed by atoms with Gasteiger partial charge in [0.15, 0.2) is 0 Å².